The SMILES string of the molecule is Oc1ccc2sc3c(Br)cccc3c2c1. The van der Waals surface area contributed by atoms with Crippen LogP contribution in [0.25, 0.3) is 20.2 Å². The van der Waals surface area contributed by atoms with Crippen LogP contribution >= 0.6 is 27.3 Å². The number of phenolic OH excluding ortho intramolecular Hbond substituents is 1. The highest BCUT2D eigenvalue weighted by Crippen LogP contribution is 2.38. The van der Waals surface area contributed by atoms with Gasteiger partial charge < -0.3 is 5.11 Å². The van der Waals surface area contributed by atoms with Gasteiger partial charge in [-0.05, 0) is 40.2 Å². The van der Waals surface area contributed by atoms with Crippen LogP contribution in [0.4, 0.5) is 0 Å². The number of phenols is 1. The Morgan fingerprint density at radius 2 is 1.93 bits per heavy atom. The molecule has 1 aromatic heterocycles. The van der Waals surface area contributed by atoms with Crippen LogP contribution in [-0.4, -0.2) is 5.11 Å². The molecule has 0 saturated heterocycles. The van der Waals surface area contributed by atoms with Gasteiger partial charge in [0.15, 0.2) is 0 Å². The molecule has 2 aromatic carbocycles. The van der Waals surface area contributed by atoms with Crippen LogP contribution in [0.15, 0.2) is 40.9 Å². The van der Waals surface area contributed by atoms with Crippen molar-refractivity contribution in [1.29, 1.82) is 0 Å². The van der Waals surface area contributed by atoms with E-state index in [-0.39, 0.29) is 0 Å². The number of benzene rings is 2. The summed E-state index contributed by atoms with van der Waals surface area (Å²) >= 11 is 5.28. The van der Waals surface area contributed by atoms with E-state index in [1.165, 1.54) is 14.8 Å². The maximum absolute atomic E-state index is 9.47. The van der Waals surface area contributed by atoms with E-state index < -0.39 is 0 Å². The van der Waals surface area contributed by atoms with E-state index in [2.05, 4.69) is 22.0 Å². The smallest absolute Gasteiger partial charge is 0.116 e. The van der Waals surface area contributed by atoms with Gasteiger partial charge in [0.1, 0.15) is 5.75 Å². The van der Waals surface area contributed by atoms with E-state index in [0.29, 0.717) is 5.75 Å². The number of thiophene rings is 1. The lowest BCUT2D eigenvalue weighted by atomic mass is 10.1. The van der Waals surface area contributed by atoms with E-state index in [4.69, 9.17) is 0 Å². The first kappa shape index (κ1) is 9.19. The van der Waals surface area contributed by atoms with Gasteiger partial charge in [0.2, 0.25) is 0 Å². The summed E-state index contributed by atoms with van der Waals surface area (Å²) in [5.74, 6) is 0.321. The topological polar surface area (TPSA) is 20.2 Å². The molecule has 0 saturated carbocycles. The van der Waals surface area contributed by atoms with E-state index in [1.807, 2.05) is 24.3 Å². The molecule has 0 spiro atoms. The molecule has 0 unspecified atom stereocenters. The molecule has 0 aliphatic heterocycles. The van der Waals surface area contributed by atoms with Crippen LogP contribution in [0.3, 0.4) is 0 Å². The highest BCUT2D eigenvalue weighted by Gasteiger charge is 2.07. The first-order valence-electron chi connectivity index (χ1n) is 4.55. The zero-order chi connectivity index (χ0) is 10.4. The van der Waals surface area contributed by atoms with Crippen molar-refractivity contribution in [3.63, 3.8) is 0 Å². The summed E-state index contributed by atoms with van der Waals surface area (Å²) in [5.41, 5.74) is 0. The van der Waals surface area contributed by atoms with Crippen LogP contribution in [0.5, 0.6) is 5.75 Å². The quantitative estimate of drug-likeness (QED) is 0.641. The Balaban J connectivity index is 2.58. The number of hydrogen-bond donors (Lipinski definition) is 1. The summed E-state index contributed by atoms with van der Waals surface area (Å²) in [6, 6.07) is 11.6. The minimum Gasteiger partial charge on any atom is -0.508 e. The minimum absolute atomic E-state index is 0.321. The number of rotatable bonds is 0. The largest absolute Gasteiger partial charge is 0.508 e. The first-order valence-corrected chi connectivity index (χ1v) is 6.16. The van der Waals surface area contributed by atoms with Crippen molar-refractivity contribution in [2.45, 2.75) is 0 Å². The fraction of sp³-hybridized carbons (Fsp3) is 0. The monoisotopic (exact) mass is 278 g/mol. The summed E-state index contributed by atoms with van der Waals surface area (Å²) in [6.07, 6.45) is 0. The van der Waals surface area contributed by atoms with E-state index in [1.54, 1.807) is 17.4 Å². The Hall–Kier alpha value is -1.06. The lowest BCUT2D eigenvalue weighted by Crippen LogP contribution is -1.67. The molecule has 0 atom stereocenters. The predicted molar refractivity (Wildman–Crippen MR) is 68.7 cm³/mol. The van der Waals surface area contributed by atoms with Crippen molar-refractivity contribution in [1.82, 2.24) is 0 Å². The average Bonchev–Trinajstić information content (AvgIpc) is 2.58. The lowest BCUT2D eigenvalue weighted by molar-refractivity contribution is 0.476. The molecule has 0 fully saturated rings. The molecule has 3 aromatic rings. The van der Waals surface area contributed by atoms with Gasteiger partial charge in [-0.25, -0.2) is 0 Å². The Morgan fingerprint density at radius 3 is 2.80 bits per heavy atom. The number of aromatic hydroxyl groups is 1. The Morgan fingerprint density at radius 1 is 1.07 bits per heavy atom. The molecule has 3 heteroatoms. The summed E-state index contributed by atoms with van der Waals surface area (Å²) in [7, 11) is 0. The number of hydrogen-bond acceptors (Lipinski definition) is 2. The van der Waals surface area contributed by atoms with Crippen molar-refractivity contribution in [2.24, 2.45) is 0 Å². The van der Waals surface area contributed by atoms with Crippen molar-refractivity contribution < 1.29 is 5.11 Å². The summed E-state index contributed by atoms with van der Waals surface area (Å²) in [4.78, 5) is 0. The Kier molecular flexibility index (Phi) is 1.97. The van der Waals surface area contributed by atoms with Gasteiger partial charge in [0, 0.05) is 24.6 Å². The van der Waals surface area contributed by atoms with Gasteiger partial charge in [-0.1, -0.05) is 12.1 Å². The van der Waals surface area contributed by atoms with Crippen LogP contribution in [0, 0.1) is 0 Å². The zero-order valence-corrected chi connectivity index (χ0v) is 10.1. The highest BCUT2D eigenvalue weighted by atomic mass is 79.9. The molecule has 3 rings (SSSR count). The van der Waals surface area contributed by atoms with E-state index in [0.717, 1.165) is 9.86 Å². The molecule has 0 bridgehead atoms. The zero-order valence-electron chi connectivity index (χ0n) is 7.70. The second kappa shape index (κ2) is 3.22. The molecule has 15 heavy (non-hydrogen) atoms. The number of fused-ring (bicyclic) bond motifs is 3. The molecule has 74 valence electrons. The third kappa shape index (κ3) is 1.34. The molecular weight excluding hydrogens is 272 g/mol. The van der Waals surface area contributed by atoms with Gasteiger partial charge in [0.05, 0.1) is 0 Å². The molecule has 0 aliphatic carbocycles. The fourth-order valence-electron chi connectivity index (χ4n) is 1.75. The van der Waals surface area contributed by atoms with Gasteiger partial charge >= 0.3 is 0 Å². The molecular formula is C12H7BrOS. The van der Waals surface area contributed by atoms with Crippen LogP contribution in [0.2, 0.25) is 0 Å². The molecule has 1 nitrogen and oxygen atoms in total. The second-order valence-electron chi connectivity index (χ2n) is 3.40. The van der Waals surface area contributed by atoms with Gasteiger partial charge in [-0.3, -0.25) is 0 Å². The third-order valence-corrected chi connectivity index (χ3v) is 4.58. The Labute approximate surface area is 99.1 Å². The third-order valence-electron chi connectivity index (χ3n) is 2.43. The fourth-order valence-corrected chi connectivity index (χ4v) is 3.45. The van der Waals surface area contributed by atoms with Gasteiger partial charge in [-0.15, -0.1) is 11.3 Å². The molecule has 0 radical (unpaired) electrons. The van der Waals surface area contributed by atoms with Crippen molar-refractivity contribution >= 4 is 47.4 Å². The number of halogens is 1. The molecule has 0 aliphatic rings. The summed E-state index contributed by atoms with van der Waals surface area (Å²) in [6.45, 7) is 0. The van der Waals surface area contributed by atoms with Gasteiger partial charge in [0.25, 0.3) is 0 Å². The summed E-state index contributed by atoms with van der Waals surface area (Å²) < 4.78 is 3.55. The average molecular weight is 279 g/mol. The van der Waals surface area contributed by atoms with Crippen LogP contribution < -0.4 is 0 Å². The predicted octanol–water partition coefficient (Wildman–Crippen LogP) is 4.52. The molecule has 0 amide bonds. The van der Waals surface area contributed by atoms with E-state index >= 15 is 0 Å². The highest BCUT2D eigenvalue weighted by molar-refractivity contribution is 9.10. The van der Waals surface area contributed by atoms with Crippen molar-refractivity contribution in [2.75, 3.05) is 0 Å². The van der Waals surface area contributed by atoms with Crippen LogP contribution in [-0.2, 0) is 0 Å². The molecule has 1 N–H and O–H groups in total. The lowest BCUT2D eigenvalue weighted by Gasteiger charge is -1.93. The van der Waals surface area contributed by atoms with E-state index in [9.17, 15) is 5.11 Å². The normalized spacial score (nSPS) is 11.3. The molecule has 1 heterocycles. The Bertz CT molecular complexity index is 657. The van der Waals surface area contributed by atoms with Crippen molar-refractivity contribution in [3.8, 4) is 5.75 Å². The minimum atomic E-state index is 0.321. The maximum atomic E-state index is 9.47. The first-order chi connectivity index (χ1) is 7.25. The maximum Gasteiger partial charge on any atom is 0.116 e. The van der Waals surface area contributed by atoms with Crippen LogP contribution in [0.1, 0.15) is 0 Å². The standard InChI is InChI=1S/C12H7BrOS/c13-10-3-1-2-8-9-6-7(14)4-5-11(9)15-12(8)10/h1-6,14H. The second-order valence-corrected chi connectivity index (χ2v) is 5.31. The summed E-state index contributed by atoms with van der Waals surface area (Å²) in [5, 5.41) is 11.8. The van der Waals surface area contributed by atoms with Gasteiger partial charge in [-0.2, -0.15) is 0 Å². The van der Waals surface area contributed by atoms with Crippen molar-refractivity contribution in [3.05, 3.63) is 40.9 Å².